The molecule has 0 spiro atoms. The highest BCUT2D eigenvalue weighted by atomic mass is 32.1. The molecular weight excluding hydrogens is 394 g/mol. The summed E-state index contributed by atoms with van der Waals surface area (Å²) in [5.74, 6) is 0.304. The maximum atomic E-state index is 12.4. The molecule has 2 heterocycles. The fourth-order valence-electron chi connectivity index (χ4n) is 3.70. The van der Waals surface area contributed by atoms with Gasteiger partial charge in [-0.1, -0.05) is 30.3 Å². The average Bonchev–Trinajstić information content (AvgIpc) is 3.21. The molecule has 0 radical (unpaired) electrons. The molecule has 0 unspecified atom stereocenters. The van der Waals surface area contributed by atoms with Crippen molar-refractivity contribution in [3.05, 3.63) is 47.3 Å². The highest BCUT2D eigenvalue weighted by Gasteiger charge is 2.27. The Morgan fingerprint density at radius 2 is 1.77 bits per heavy atom. The molecule has 0 atom stereocenters. The monoisotopic (exact) mass is 427 g/mol. The molecule has 1 aromatic heterocycles. The predicted molar refractivity (Wildman–Crippen MR) is 124 cm³/mol. The van der Waals surface area contributed by atoms with Crippen molar-refractivity contribution in [2.75, 3.05) is 26.2 Å². The zero-order chi connectivity index (χ0) is 21.6. The molecule has 2 N–H and O–H groups in total. The third-order valence-electron chi connectivity index (χ3n) is 5.28. The van der Waals surface area contributed by atoms with Crippen molar-refractivity contribution in [1.82, 2.24) is 15.5 Å². The number of piperidine rings is 1. The van der Waals surface area contributed by atoms with E-state index in [0.29, 0.717) is 6.54 Å². The van der Waals surface area contributed by atoms with Crippen LogP contribution < -0.4 is 10.6 Å². The van der Waals surface area contributed by atoms with Crippen LogP contribution in [0.1, 0.15) is 49.7 Å². The highest BCUT2D eigenvalue weighted by Crippen LogP contribution is 2.27. The maximum Gasteiger partial charge on any atom is 0.261 e. The molecule has 1 aliphatic rings. The molecule has 1 fully saturated rings. The van der Waals surface area contributed by atoms with E-state index >= 15 is 0 Å². The lowest BCUT2D eigenvalue weighted by Crippen LogP contribution is -2.47. The van der Waals surface area contributed by atoms with Gasteiger partial charge in [0, 0.05) is 22.9 Å². The summed E-state index contributed by atoms with van der Waals surface area (Å²) in [6, 6.07) is 14.0. The van der Waals surface area contributed by atoms with Crippen molar-refractivity contribution in [2.45, 2.75) is 45.6 Å². The third-order valence-corrected chi connectivity index (χ3v) is 6.41. The van der Waals surface area contributed by atoms with Gasteiger partial charge in [0.05, 0.1) is 4.88 Å². The van der Waals surface area contributed by atoms with Crippen molar-refractivity contribution < 1.29 is 9.59 Å². The quantitative estimate of drug-likeness (QED) is 0.652. The fraction of sp³-hybridized carbons (Fsp3) is 0.500. The van der Waals surface area contributed by atoms with Crippen LogP contribution in [0.4, 0.5) is 0 Å². The molecule has 162 valence electrons. The van der Waals surface area contributed by atoms with Gasteiger partial charge in [-0.3, -0.25) is 9.59 Å². The largest absolute Gasteiger partial charge is 0.351 e. The Bertz CT molecular complexity index is 834. The van der Waals surface area contributed by atoms with E-state index in [9.17, 15) is 9.59 Å². The van der Waals surface area contributed by atoms with Gasteiger partial charge in [-0.2, -0.15) is 0 Å². The summed E-state index contributed by atoms with van der Waals surface area (Å²) < 4.78 is 0. The Hall–Kier alpha value is -2.18. The van der Waals surface area contributed by atoms with Gasteiger partial charge in [0.1, 0.15) is 0 Å². The maximum absolute atomic E-state index is 12.4. The number of nitrogens with zero attached hydrogens (tertiary/aromatic N) is 1. The molecule has 0 bridgehead atoms. The Kier molecular flexibility index (Phi) is 7.67. The minimum absolute atomic E-state index is 0.000240. The average molecular weight is 428 g/mol. The van der Waals surface area contributed by atoms with Gasteiger partial charge in [-0.05, 0) is 77.4 Å². The predicted octanol–water partition coefficient (Wildman–Crippen LogP) is 4.16. The number of amides is 2. The van der Waals surface area contributed by atoms with Crippen LogP contribution in [0.3, 0.4) is 0 Å². The first kappa shape index (κ1) is 22.5. The highest BCUT2D eigenvalue weighted by molar-refractivity contribution is 7.17. The topological polar surface area (TPSA) is 61.4 Å². The van der Waals surface area contributed by atoms with Gasteiger partial charge in [0.15, 0.2) is 0 Å². The first-order valence-corrected chi connectivity index (χ1v) is 11.6. The molecule has 0 aliphatic carbocycles. The van der Waals surface area contributed by atoms with Crippen LogP contribution in [0.25, 0.3) is 10.4 Å². The molecule has 1 aliphatic heterocycles. The molecule has 5 nitrogen and oxygen atoms in total. The standard InChI is InChI=1S/C24H33N3O2S/c1-24(2,3)26-22(28)19-12-16-27(17-13-19)15-7-14-25-23(29)21-11-10-20(30-21)18-8-5-4-6-9-18/h4-6,8-11,19H,7,12-17H2,1-3H3,(H,25,29)(H,26,28). The summed E-state index contributed by atoms with van der Waals surface area (Å²) in [7, 11) is 0. The van der Waals surface area contributed by atoms with E-state index in [1.165, 1.54) is 11.3 Å². The molecule has 2 aromatic rings. The number of thiophene rings is 1. The van der Waals surface area contributed by atoms with Crippen LogP contribution in [0.15, 0.2) is 42.5 Å². The lowest BCUT2D eigenvalue weighted by molar-refractivity contribution is -0.127. The van der Waals surface area contributed by atoms with Crippen LogP contribution in [0, 0.1) is 5.92 Å². The molecule has 2 amide bonds. The molecule has 6 heteroatoms. The number of hydrogen-bond donors (Lipinski definition) is 2. The number of carbonyl (C=O) groups is 2. The minimum atomic E-state index is -0.170. The van der Waals surface area contributed by atoms with E-state index in [1.54, 1.807) is 0 Å². The van der Waals surface area contributed by atoms with Crippen LogP contribution in [0.2, 0.25) is 0 Å². The van der Waals surface area contributed by atoms with Crippen molar-refractivity contribution in [1.29, 1.82) is 0 Å². The lowest BCUT2D eigenvalue weighted by atomic mass is 9.94. The van der Waals surface area contributed by atoms with Gasteiger partial charge in [0.2, 0.25) is 5.91 Å². The van der Waals surface area contributed by atoms with E-state index in [4.69, 9.17) is 0 Å². The zero-order valence-electron chi connectivity index (χ0n) is 18.2. The Morgan fingerprint density at radius 1 is 1.07 bits per heavy atom. The van der Waals surface area contributed by atoms with Crippen LogP contribution >= 0.6 is 11.3 Å². The van der Waals surface area contributed by atoms with Gasteiger partial charge in [0.25, 0.3) is 5.91 Å². The lowest BCUT2D eigenvalue weighted by Gasteiger charge is -2.33. The van der Waals surface area contributed by atoms with Gasteiger partial charge in [-0.25, -0.2) is 0 Å². The van der Waals surface area contributed by atoms with Crippen molar-refractivity contribution in [3.63, 3.8) is 0 Å². The molecular formula is C24H33N3O2S. The first-order valence-electron chi connectivity index (χ1n) is 10.8. The van der Waals surface area contributed by atoms with E-state index in [0.717, 1.165) is 54.2 Å². The number of likely N-dealkylation sites (tertiary alicyclic amines) is 1. The number of carbonyl (C=O) groups excluding carboxylic acids is 2. The molecule has 1 saturated heterocycles. The normalized spacial score (nSPS) is 15.7. The Labute approximate surface area is 183 Å². The molecule has 0 saturated carbocycles. The summed E-state index contributed by atoms with van der Waals surface area (Å²) in [5, 5.41) is 6.13. The number of hydrogen-bond acceptors (Lipinski definition) is 4. The summed E-state index contributed by atoms with van der Waals surface area (Å²) in [4.78, 5) is 29.0. The van der Waals surface area contributed by atoms with E-state index < -0.39 is 0 Å². The molecule has 1 aromatic carbocycles. The summed E-state index contributed by atoms with van der Waals surface area (Å²) in [6.07, 6.45) is 2.74. The van der Waals surface area contributed by atoms with Gasteiger partial charge in [-0.15, -0.1) is 11.3 Å². The minimum Gasteiger partial charge on any atom is -0.351 e. The summed E-state index contributed by atoms with van der Waals surface area (Å²) in [6.45, 7) is 9.57. The van der Waals surface area contributed by atoms with E-state index in [2.05, 4.69) is 27.7 Å². The van der Waals surface area contributed by atoms with Crippen LogP contribution in [-0.4, -0.2) is 48.4 Å². The first-order chi connectivity index (χ1) is 14.3. The van der Waals surface area contributed by atoms with Gasteiger partial charge < -0.3 is 15.5 Å². The Balaban J connectivity index is 1.34. The molecule has 30 heavy (non-hydrogen) atoms. The second-order valence-corrected chi connectivity index (χ2v) is 10.1. The third kappa shape index (κ3) is 6.67. The van der Waals surface area contributed by atoms with E-state index in [1.807, 2.05) is 51.1 Å². The van der Waals surface area contributed by atoms with E-state index in [-0.39, 0.29) is 23.3 Å². The summed E-state index contributed by atoms with van der Waals surface area (Å²) in [5.41, 5.74) is 0.970. The second-order valence-electron chi connectivity index (χ2n) is 8.99. The number of rotatable bonds is 7. The van der Waals surface area contributed by atoms with Crippen molar-refractivity contribution in [3.8, 4) is 10.4 Å². The van der Waals surface area contributed by atoms with Crippen molar-refractivity contribution >= 4 is 23.2 Å². The van der Waals surface area contributed by atoms with Gasteiger partial charge >= 0.3 is 0 Å². The SMILES string of the molecule is CC(C)(C)NC(=O)C1CCN(CCCNC(=O)c2ccc(-c3ccccc3)s2)CC1. The zero-order valence-corrected chi connectivity index (χ0v) is 19.1. The Morgan fingerprint density at radius 3 is 2.43 bits per heavy atom. The smallest absolute Gasteiger partial charge is 0.261 e. The van der Waals surface area contributed by atoms with Crippen LogP contribution in [0.5, 0.6) is 0 Å². The van der Waals surface area contributed by atoms with Crippen LogP contribution in [-0.2, 0) is 4.79 Å². The second kappa shape index (κ2) is 10.2. The molecule has 3 rings (SSSR count). The fourth-order valence-corrected chi connectivity index (χ4v) is 4.63. The summed E-state index contributed by atoms with van der Waals surface area (Å²) >= 11 is 1.53. The van der Waals surface area contributed by atoms with Crippen molar-refractivity contribution in [2.24, 2.45) is 5.92 Å². The number of benzene rings is 1. The number of nitrogens with one attached hydrogen (secondary N) is 2.